The summed E-state index contributed by atoms with van der Waals surface area (Å²) < 4.78 is 5.10. The number of aliphatic hydroxyl groups is 1. The van der Waals surface area contributed by atoms with Crippen LogP contribution in [0.25, 0.3) is 0 Å². The van der Waals surface area contributed by atoms with Crippen LogP contribution < -0.4 is 0 Å². The largest absolute Gasteiger partial charge is 0.387 e. The number of carbonyl (C=O) groups is 1. The Labute approximate surface area is 144 Å². The molecule has 2 aromatic heterocycles. The summed E-state index contributed by atoms with van der Waals surface area (Å²) in [7, 11) is 1.66. The standard InChI is InChI=1S/C17H21NO3S2/c1-21-11-13-4-5-15(23-13)17(20)18-8-6-12(7-9-18)16(19)14-3-2-10-22-14/h2-5,10,12,16,19H,6-9,11H2,1H3. The molecular formula is C17H21NO3S2. The lowest BCUT2D eigenvalue weighted by molar-refractivity contribution is 0.0477. The normalized spacial score (nSPS) is 17.4. The predicted octanol–water partition coefficient (Wildman–Crippen LogP) is 3.54. The van der Waals surface area contributed by atoms with E-state index >= 15 is 0 Å². The molecule has 1 fully saturated rings. The van der Waals surface area contributed by atoms with Crippen LogP contribution in [-0.2, 0) is 11.3 Å². The number of rotatable bonds is 5. The third kappa shape index (κ3) is 3.83. The number of likely N-dealkylation sites (tertiary alicyclic amines) is 1. The highest BCUT2D eigenvalue weighted by Crippen LogP contribution is 2.33. The van der Waals surface area contributed by atoms with E-state index in [1.54, 1.807) is 18.4 Å². The summed E-state index contributed by atoms with van der Waals surface area (Å²) in [6.07, 6.45) is 1.30. The Kier molecular flexibility index (Phi) is 5.48. The number of nitrogens with zero attached hydrogens (tertiary/aromatic N) is 1. The summed E-state index contributed by atoms with van der Waals surface area (Å²) in [4.78, 5) is 17.3. The molecule has 3 rings (SSSR count). The van der Waals surface area contributed by atoms with Gasteiger partial charge in [0.2, 0.25) is 0 Å². The average molecular weight is 351 g/mol. The predicted molar refractivity (Wildman–Crippen MR) is 92.9 cm³/mol. The molecule has 0 radical (unpaired) electrons. The van der Waals surface area contributed by atoms with Crippen molar-refractivity contribution in [1.82, 2.24) is 4.90 Å². The molecule has 4 nitrogen and oxygen atoms in total. The average Bonchev–Trinajstić information content (AvgIpc) is 3.26. The van der Waals surface area contributed by atoms with Crippen molar-refractivity contribution in [3.05, 3.63) is 44.3 Å². The van der Waals surface area contributed by atoms with E-state index in [-0.39, 0.29) is 11.8 Å². The van der Waals surface area contributed by atoms with E-state index in [1.165, 1.54) is 11.3 Å². The first kappa shape index (κ1) is 16.6. The molecule has 124 valence electrons. The molecule has 0 bridgehead atoms. The number of hydrogen-bond donors (Lipinski definition) is 1. The monoisotopic (exact) mass is 351 g/mol. The molecule has 23 heavy (non-hydrogen) atoms. The summed E-state index contributed by atoms with van der Waals surface area (Å²) >= 11 is 3.10. The molecule has 1 unspecified atom stereocenters. The Bertz CT molecular complexity index is 630. The number of thiophene rings is 2. The molecule has 0 aliphatic carbocycles. The topological polar surface area (TPSA) is 49.8 Å². The second-order valence-electron chi connectivity index (χ2n) is 5.79. The number of piperidine rings is 1. The Morgan fingerprint density at radius 1 is 1.39 bits per heavy atom. The van der Waals surface area contributed by atoms with Crippen LogP contribution in [0.2, 0.25) is 0 Å². The number of ether oxygens (including phenoxy) is 1. The highest BCUT2D eigenvalue weighted by atomic mass is 32.1. The Morgan fingerprint density at radius 3 is 2.83 bits per heavy atom. The fraction of sp³-hybridized carbons (Fsp3) is 0.471. The first-order valence-corrected chi connectivity index (χ1v) is 9.47. The molecular weight excluding hydrogens is 330 g/mol. The fourth-order valence-electron chi connectivity index (χ4n) is 2.98. The molecule has 1 aliphatic rings. The van der Waals surface area contributed by atoms with E-state index < -0.39 is 6.10 Å². The lowest BCUT2D eigenvalue weighted by atomic mass is 9.90. The lowest BCUT2D eigenvalue weighted by Crippen LogP contribution is -2.39. The van der Waals surface area contributed by atoms with Crippen molar-refractivity contribution < 1.29 is 14.6 Å². The van der Waals surface area contributed by atoms with Gasteiger partial charge in [-0.1, -0.05) is 6.07 Å². The second-order valence-corrected chi connectivity index (χ2v) is 7.94. The molecule has 1 atom stereocenters. The number of aliphatic hydroxyl groups excluding tert-OH is 1. The van der Waals surface area contributed by atoms with Crippen molar-refractivity contribution in [2.45, 2.75) is 25.6 Å². The van der Waals surface area contributed by atoms with Crippen molar-refractivity contribution in [3.8, 4) is 0 Å². The first-order valence-electron chi connectivity index (χ1n) is 7.77. The van der Waals surface area contributed by atoms with Gasteiger partial charge in [-0.15, -0.1) is 22.7 Å². The zero-order chi connectivity index (χ0) is 16.2. The molecule has 1 N–H and O–H groups in total. The van der Waals surface area contributed by atoms with E-state index in [9.17, 15) is 9.90 Å². The molecule has 3 heterocycles. The molecule has 0 saturated carbocycles. The van der Waals surface area contributed by atoms with Crippen LogP contribution in [-0.4, -0.2) is 36.1 Å². The fourth-order valence-corrected chi connectivity index (χ4v) is 4.73. The molecule has 1 aliphatic heterocycles. The minimum Gasteiger partial charge on any atom is -0.387 e. The maximum Gasteiger partial charge on any atom is 0.263 e. The SMILES string of the molecule is COCc1ccc(C(=O)N2CCC(C(O)c3cccs3)CC2)s1. The van der Waals surface area contributed by atoms with Gasteiger partial charge < -0.3 is 14.7 Å². The van der Waals surface area contributed by atoms with E-state index in [1.807, 2.05) is 34.5 Å². The van der Waals surface area contributed by atoms with Crippen molar-refractivity contribution >= 4 is 28.6 Å². The molecule has 2 aromatic rings. The van der Waals surface area contributed by atoms with Crippen LogP contribution in [0.1, 0.15) is 38.4 Å². The van der Waals surface area contributed by atoms with Crippen molar-refractivity contribution in [3.63, 3.8) is 0 Å². The van der Waals surface area contributed by atoms with Crippen molar-refractivity contribution in [2.75, 3.05) is 20.2 Å². The molecule has 0 spiro atoms. The van der Waals surface area contributed by atoms with Crippen LogP contribution in [0, 0.1) is 5.92 Å². The van der Waals surface area contributed by atoms with Gasteiger partial charge in [0.15, 0.2) is 0 Å². The van der Waals surface area contributed by atoms with E-state index in [4.69, 9.17) is 4.74 Å². The highest BCUT2D eigenvalue weighted by molar-refractivity contribution is 7.14. The maximum absolute atomic E-state index is 12.6. The van der Waals surface area contributed by atoms with E-state index in [2.05, 4.69) is 0 Å². The van der Waals surface area contributed by atoms with Gasteiger partial charge in [0.1, 0.15) is 0 Å². The molecule has 0 aromatic carbocycles. The summed E-state index contributed by atoms with van der Waals surface area (Å²) in [5.74, 6) is 0.339. The second kappa shape index (κ2) is 7.57. The summed E-state index contributed by atoms with van der Waals surface area (Å²) in [6.45, 7) is 1.97. The van der Waals surface area contributed by atoms with E-state index in [0.29, 0.717) is 19.7 Å². The van der Waals surface area contributed by atoms with Crippen LogP contribution in [0.15, 0.2) is 29.6 Å². The number of methoxy groups -OCH3 is 1. The zero-order valence-corrected chi connectivity index (χ0v) is 14.7. The highest BCUT2D eigenvalue weighted by Gasteiger charge is 2.29. The van der Waals surface area contributed by atoms with Gasteiger partial charge in [0, 0.05) is 30.0 Å². The van der Waals surface area contributed by atoms with Crippen LogP contribution in [0.5, 0.6) is 0 Å². The van der Waals surface area contributed by atoms with Gasteiger partial charge in [-0.3, -0.25) is 4.79 Å². The van der Waals surface area contributed by atoms with Gasteiger partial charge in [-0.25, -0.2) is 0 Å². The van der Waals surface area contributed by atoms with Gasteiger partial charge in [0.05, 0.1) is 17.6 Å². The Hall–Kier alpha value is -1.21. The summed E-state index contributed by atoms with van der Waals surface area (Å²) in [5.41, 5.74) is 0. The zero-order valence-electron chi connectivity index (χ0n) is 13.1. The van der Waals surface area contributed by atoms with Gasteiger partial charge >= 0.3 is 0 Å². The molecule has 1 amide bonds. The summed E-state index contributed by atoms with van der Waals surface area (Å²) in [6, 6.07) is 7.79. The van der Waals surface area contributed by atoms with Gasteiger partial charge in [-0.2, -0.15) is 0 Å². The van der Waals surface area contributed by atoms with Gasteiger partial charge in [-0.05, 0) is 42.3 Å². The minimum atomic E-state index is -0.401. The first-order chi connectivity index (χ1) is 11.2. The Morgan fingerprint density at radius 2 is 2.17 bits per heavy atom. The third-order valence-corrected chi connectivity index (χ3v) is 6.26. The van der Waals surface area contributed by atoms with Crippen molar-refractivity contribution in [1.29, 1.82) is 0 Å². The summed E-state index contributed by atoms with van der Waals surface area (Å²) in [5, 5.41) is 12.4. The Balaban J connectivity index is 1.56. The van der Waals surface area contributed by atoms with E-state index in [0.717, 1.165) is 27.5 Å². The van der Waals surface area contributed by atoms with Crippen LogP contribution in [0.4, 0.5) is 0 Å². The quantitative estimate of drug-likeness (QED) is 0.896. The third-order valence-electron chi connectivity index (χ3n) is 4.27. The lowest BCUT2D eigenvalue weighted by Gasteiger charge is -2.33. The van der Waals surface area contributed by atoms with Crippen LogP contribution >= 0.6 is 22.7 Å². The maximum atomic E-state index is 12.6. The van der Waals surface area contributed by atoms with Crippen molar-refractivity contribution in [2.24, 2.45) is 5.92 Å². The smallest absolute Gasteiger partial charge is 0.263 e. The van der Waals surface area contributed by atoms with Gasteiger partial charge in [0.25, 0.3) is 5.91 Å². The number of amides is 1. The van der Waals surface area contributed by atoms with Crippen LogP contribution in [0.3, 0.4) is 0 Å². The molecule has 1 saturated heterocycles. The number of carbonyl (C=O) groups excluding carboxylic acids is 1. The minimum absolute atomic E-state index is 0.0985. The number of hydrogen-bond acceptors (Lipinski definition) is 5. The molecule has 6 heteroatoms.